The average Bonchev–Trinajstić information content (AvgIpc) is 2.86. The lowest BCUT2D eigenvalue weighted by atomic mass is 10.2. The van der Waals surface area contributed by atoms with Gasteiger partial charge in [-0.1, -0.05) is 6.92 Å². The third-order valence-electron chi connectivity index (χ3n) is 2.70. The van der Waals surface area contributed by atoms with E-state index in [0.29, 0.717) is 0 Å². The normalized spacial score (nSPS) is 12.6. The lowest BCUT2D eigenvalue weighted by Crippen LogP contribution is -2.18. The largest absolute Gasteiger partial charge is 0.459 e. The molecule has 3 nitrogen and oxygen atoms in total. The van der Waals surface area contributed by atoms with Crippen LogP contribution in [0.3, 0.4) is 0 Å². The van der Waals surface area contributed by atoms with Crippen LogP contribution in [0.15, 0.2) is 41.1 Å². The maximum atomic E-state index is 5.83. The summed E-state index contributed by atoms with van der Waals surface area (Å²) in [4.78, 5) is 4.09. The highest BCUT2D eigenvalue weighted by Crippen LogP contribution is 2.24. The second kappa shape index (κ2) is 5.64. The zero-order valence-electron chi connectivity index (χ0n) is 10.3. The molecule has 0 bridgehead atoms. The van der Waals surface area contributed by atoms with E-state index in [9.17, 15) is 0 Å². The molecule has 2 aromatic heterocycles. The number of pyridine rings is 1. The Morgan fingerprint density at radius 1 is 1.35 bits per heavy atom. The molecular weight excluding hydrogens is 212 g/mol. The first-order valence-electron chi connectivity index (χ1n) is 6.04. The summed E-state index contributed by atoms with van der Waals surface area (Å²) in [7, 11) is 0. The summed E-state index contributed by atoms with van der Waals surface area (Å²) in [5.74, 6) is 1.84. The van der Waals surface area contributed by atoms with Gasteiger partial charge in [0.25, 0.3) is 0 Å². The SMILES string of the molecule is CCCNC(C)c1ccc(-c2cccnc2)o1. The Labute approximate surface area is 102 Å². The zero-order valence-corrected chi connectivity index (χ0v) is 10.3. The summed E-state index contributed by atoms with van der Waals surface area (Å²) < 4.78 is 5.83. The smallest absolute Gasteiger partial charge is 0.135 e. The fourth-order valence-electron chi connectivity index (χ4n) is 1.71. The molecule has 0 aliphatic rings. The number of nitrogens with zero attached hydrogens (tertiary/aromatic N) is 1. The van der Waals surface area contributed by atoms with Gasteiger partial charge in [-0.25, -0.2) is 0 Å². The van der Waals surface area contributed by atoms with E-state index >= 15 is 0 Å². The summed E-state index contributed by atoms with van der Waals surface area (Å²) in [5, 5.41) is 3.40. The Morgan fingerprint density at radius 2 is 2.24 bits per heavy atom. The van der Waals surface area contributed by atoms with Crippen LogP contribution in [0.25, 0.3) is 11.3 Å². The van der Waals surface area contributed by atoms with E-state index in [-0.39, 0.29) is 6.04 Å². The summed E-state index contributed by atoms with van der Waals surface area (Å²) in [6.07, 6.45) is 4.70. The van der Waals surface area contributed by atoms with E-state index in [1.54, 1.807) is 6.20 Å². The molecule has 1 atom stereocenters. The molecule has 1 unspecified atom stereocenters. The molecule has 2 rings (SSSR count). The molecule has 0 fully saturated rings. The van der Waals surface area contributed by atoms with Gasteiger partial charge in [0.2, 0.25) is 0 Å². The van der Waals surface area contributed by atoms with Gasteiger partial charge in [-0.15, -0.1) is 0 Å². The summed E-state index contributed by atoms with van der Waals surface area (Å²) in [6.45, 7) is 5.27. The van der Waals surface area contributed by atoms with E-state index in [4.69, 9.17) is 4.42 Å². The van der Waals surface area contributed by atoms with Gasteiger partial charge in [0.1, 0.15) is 11.5 Å². The molecule has 90 valence electrons. The van der Waals surface area contributed by atoms with E-state index in [2.05, 4.69) is 24.1 Å². The predicted molar refractivity (Wildman–Crippen MR) is 68.6 cm³/mol. The van der Waals surface area contributed by atoms with Crippen LogP contribution in [-0.4, -0.2) is 11.5 Å². The number of nitrogens with one attached hydrogen (secondary N) is 1. The van der Waals surface area contributed by atoms with Crippen LogP contribution >= 0.6 is 0 Å². The molecule has 2 heterocycles. The van der Waals surface area contributed by atoms with E-state index in [1.165, 1.54) is 0 Å². The molecule has 0 radical (unpaired) electrons. The first kappa shape index (κ1) is 11.9. The van der Waals surface area contributed by atoms with Crippen molar-refractivity contribution in [2.24, 2.45) is 0 Å². The van der Waals surface area contributed by atoms with Crippen molar-refractivity contribution in [1.82, 2.24) is 10.3 Å². The molecule has 0 aliphatic heterocycles. The maximum Gasteiger partial charge on any atom is 0.135 e. The third-order valence-corrected chi connectivity index (χ3v) is 2.70. The lowest BCUT2D eigenvalue weighted by Gasteiger charge is -2.09. The topological polar surface area (TPSA) is 38.1 Å². The molecule has 0 saturated carbocycles. The van der Waals surface area contributed by atoms with Crippen molar-refractivity contribution in [2.45, 2.75) is 26.3 Å². The molecule has 1 N–H and O–H groups in total. The molecule has 17 heavy (non-hydrogen) atoms. The van der Waals surface area contributed by atoms with E-state index in [1.807, 2.05) is 30.5 Å². The zero-order chi connectivity index (χ0) is 12.1. The number of hydrogen-bond donors (Lipinski definition) is 1. The van der Waals surface area contributed by atoms with Crippen molar-refractivity contribution >= 4 is 0 Å². The van der Waals surface area contributed by atoms with Crippen molar-refractivity contribution < 1.29 is 4.42 Å². The highest BCUT2D eigenvalue weighted by Gasteiger charge is 2.10. The molecule has 0 aromatic carbocycles. The molecule has 0 amide bonds. The second-order valence-corrected chi connectivity index (χ2v) is 4.12. The molecule has 0 aliphatic carbocycles. The molecule has 3 heteroatoms. The predicted octanol–water partition coefficient (Wildman–Crippen LogP) is 3.40. The lowest BCUT2D eigenvalue weighted by molar-refractivity contribution is 0.438. The van der Waals surface area contributed by atoms with Crippen molar-refractivity contribution in [1.29, 1.82) is 0 Å². The van der Waals surface area contributed by atoms with Gasteiger partial charge in [0.15, 0.2) is 0 Å². The minimum atomic E-state index is 0.250. The maximum absolute atomic E-state index is 5.83. The van der Waals surface area contributed by atoms with Gasteiger partial charge in [0, 0.05) is 18.0 Å². The Bertz CT molecular complexity index is 450. The van der Waals surface area contributed by atoms with E-state index < -0.39 is 0 Å². The molecule has 0 spiro atoms. The number of hydrogen-bond acceptors (Lipinski definition) is 3. The minimum Gasteiger partial charge on any atom is -0.459 e. The minimum absolute atomic E-state index is 0.250. The number of rotatable bonds is 5. The van der Waals surface area contributed by atoms with Gasteiger partial charge in [-0.2, -0.15) is 0 Å². The van der Waals surface area contributed by atoms with Gasteiger partial charge >= 0.3 is 0 Å². The van der Waals surface area contributed by atoms with Crippen LogP contribution < -0.4 is 5.32 Å². The highest BCUT2D eigenvalue weighted by atomic mass is 16.3. The molecule has 0 saturated heterocycles. The van der Waals surface area contributed by atoms with Gasteiger partial charge in [-0.3, -0.25) is 4.98 Å². The van der Waals surface area contributed by atoms with Gasteiger partial charge < -0.3 is 9.73 Å². The Kier molecular flexibility index (Phi) is 3.94. The van der Waals surface area contributed by atoms with Crippen molar-refractivity contribution in [2.75, 3.05) is 6.54 Å². The first-order chi connectivity index (χ1) is 8.31. The fourth-order valence-corrected chi connectivity index (χ4v) is 1.71. The van der Waals surface area contributed by atoms with Crippen LogP contribution in [0.4, 0.5) is 0 Å². The third kappa shape index (κ3) is 2.94. The van der Waals surface area contributed by atoms with Crippen LogP contribution in [0.2, 0.25) is 0 Å². The molecular formula is C14H18N2O. The van der Waals surface area contributed by atoms with Crippen molar-refractivity contribution in [3.8, 4) is 11.3 Å². The number of furan rings is 1. The molecule has 2 aromatic rings. The van der Waals surface area contributed by atoms with Crippen molar-refractivity contribution in [3.63, 3.8) is 0 Å². The average molecular weight is 230 g/mol. The van der Waals surface area contributed by atoms with Gasteiger partial charge in [-0.05, 0) is 44.2 Å². The summed E-state index contributed by atoms with van der Waals surface area (Å²) >= 11 is 0. The quantitative estimate of drug-likeness (QED) is 0.855. The first-order valence-corrected chi connectivity index (χ1v) is 6.04. The van der Waals surface area contributed by atoms with Crippen LogP contribution in [0.5, 0.6) is 0 Å². The monoisotopic (exact) mass is 230 g/mol. The Hall–Kier alpha value is -1.61. The van der Waals surface area contributed by atoms with Crippen LogP contribution in [0.1, 0.15) is 32.1 Å². The number of aromatic nitrogens is 1. The van der Waals surface area contributed by atoms with Crippen molar-refractivity contribution in [3.05, 3.63) is 42.4 Å². The van der Waals surface area contributed by atoms with Crippen LogP contribution in [0, 0.1) is 0 Å². The van der Waals surface area contributed by atoms with Gasteiger partial charge in [0.05, 0.1) is 6.04 Å². The van der Waals surface area contributed by atoms with E-state index in [0.717, 1.165) is 30.0 Å². The Balaban J connectivity index is 2.11. The highest BCUT2D eigenvalue weighted by molar-refractivity contribution is 5.55. The summed E-state index contributed by atoms with van der Waals surface area (Å²) in [6, 6.07) is 8.18. The second-order valence-electron chi connectivity index (χ2n) is 4.12. The Morgan fingerprint density at radius 3 is 2.94 bits per heavy atom. The van der Waals surface area contributed by atoms with Crippen LogP contribution in [-0.2, 0) is 0 Å². The standard InChI is InChI=1S/C14H18N2O/c1-3-8-16-11(2)13-6-7-14(17-13)12-5-4-9-15-10-12/h4-7,9-11,16H,3,8H2,1-2H3. The fraction of sp³-hybridized carbons (Fsp3) is 0.357. The summed E-state index contributed by atoms with van der Waals surface area (Å²) in [5.41, 5.74) is 1.02.